The Morgan fingerprint density at radius 2 is 1.79 bits per heavy atom. The summed E-state index contributed by atoms with van der Waals surface area (Å²) in [5.74, 6) is -0.232. The van der Waals surface area contributed by atoms with Crippen molar-refractivity contribution in [2.75, 3.05) is 5.32 Å². The molecule has 146 valence electrons. The first-order valence-electron chi connectivity index (χ1n) is 9.18. The number of carbonyl (C=O) groups excluding carboxylic acids is 1. The summed E-state index contributed by atoms with van der Waals surface area (Å²) in [7, 11) is 0. The Balaban J connectivity index is 1.66. The highest BCUT2D eigenvalue weighted by molar-refractivity contribution is 6.30. The van der Waals surface area contributed by atoms with Crippen LogP contribution in [0.5, 0.6) is 0 Å². The minimum atomic E-state index is -0.232. The van der Waals surface area contributed by atoms with Crippen LogP contribution >= 0.6 is 11.6 Å². The summed E-state index contributed by atoms with van der Waals surface area (Å²) in [5.41, 5.74) is 5.43. The summed E-state index contributed by atoms with van der Waals surface area (Å²) in [6.07, 6.45) is 1.57. The number of nitrogens with one attached hydrogen (secondary N) is 1. The van der Waals surface area contributed by atoms with Crippen LogP contribution in [0, 0.1) is 20.8 Å². The van der Waals surface area contributed by atoms with Crippen molar-refractivity contribution in [1.29, 1.82) is 0 Å². The van der Waals surface area contributed by atoms with E-state index in [0.29, 0.717) is 16.3 Å². The second kappa shape index (κ2) is 7.56. The number of hydrogen-bond donors (Lipinski definition) is 1. The van der Waals surface area contributed by atoms with Gasteiger partial charge in [-0.25, -0.2) is 9.36 Å². The molecule has 0 radical (unpaired) electrons. The highest BCUT2D eigenvalue weighted by atomic mass is 35.5. The lowest BCUT2D eigenvalue weighted by molar-refractivity contribution is 0.102. The summed E-state index contributed by atoms with van der Waals surface area (Å²) >= 11 is 6.09. The number of aryl methyl sites for hydroxylation is 2. The van der Waals surface area contributed by atoms with Gasteiger partial charge >= 0.3 is 0 Å². The third-order valence-corrected chi connectivity index (χ3v) is 4.93. The predicted octanol–water partition coefficient (Wildman–Crippen LogP) is 4.89. The van der Waals surface area contributed by atoms with E-state index < -0.39 is 0 Å². The zero-order chi connectivity index (χ0) is 20.5. The van der Waals surface area contributed by atoms with Gasteiger partial charge in [-0.05, 0) is 57.2 Å². The van der Waals surface area contributed by atoms with Crippen LogP contribution in [-0.4, -0.2) is 25.5 Å². The molecule has 4 rings (SSSR count). The van der Waals surface area contributed by atoms with Crippen molar-refractivity contribution in [2.24, 2.45) is 0 Å². The van der Waals surface area contributed by atoms with E-state index in [1.54, 1.807) is 23.0 Å². The van der Waals surface area contributed by atoms with E-state index in [2.05, 4.69) is 15.5 Å². The second-order valence-electron chi connectivity index (χ2n) is 6.85. The Morgan fingerprint density at radius 1 is 1.00 bits per heavy atom. The van der Waals surface area contributed by atoms with Gasteiger partial charge in [0.2, 0.25) is 0 Å². The van der Waals surface area contributed by atoms with E-state index in [4.69, 9.17) is 11.6 Å². The highest BCUT2D eigenvalue weighted by Gasteiger charge is 2.17. The smallest absolute Gasteiger partial charge is 0.259 e. The molecule has 29 heavy (non-hydrogen) atoms. The Morgan fingerprint density at radius 3 is 2.52 bits per heavy atom. The number of benzene rings is 2. The number of hydrogen-bond acceptors (Lipinski definition) is 3. The minimum absolute atomic E-state index is 0.232. The Labute approximate surface area is 173 Å². The number of para-hydroxylation sites is 2. The van der Waals surface area contributed by atoms with Gasteiger partial charge in [0, 0.05) is 10.7 Å². The van der Waals surface area contributed by atoms with Crippen LogP contribution in [0.4, 0.5) is 5.69 Å². The average Bonchev–Trinajstić information content (AvgIpc) is 3.23. The first-order chi connectivity index (χ1) is 13.9. The van der Waals surface area contributed by atoms with Crippen molar-refractivity contribution < 1.29 is 4.79 Å². The van der Waals surface area contributed by atoms with Gasteiger partial charge < -0.3 is 5.32 Å². The molecule has 0 fully saturated rings. The Kier molecular flexibility index (Phi) is 4.94. The van der Waals surface area contributed by atoms with Crippen LogP contribution in [0.3, 0.4) is 0 Å². The predicted molar refractivity (Wildman–Crippen MR) is 114 cm³/mol. The van der Waals surface area contributed by atoms with Crippen molar-refractivity contribution in [3.05, 3.63) is 88.5 Å². The highest BCUT2D eigenvalue weighted by Crippen LogP contribution is 2.23. The molecule has 1 amide bonds. The topological polar surface area (TPSA) is 64.7 Å². The van der Waals surface area contributed by atoms with Crippen LogP contribution in [0.15, 0.2) is 60.8 Å². The average molecular weight is 406 g/mol. The molecule has 0 aliphatic carbocycles. The Hall–Kier alpha value is -3.38. The Bertz CT molecular complexity index is 1210. The molecule has 0 bridgehead atoms. The van der Waals surface area contributed by atoms with Gasteiger partial charge in [0.25, 0.3) is 5.91 Å². The van der Waals surface area contributed by atoms with E-state index in [1.807, 2.05) is 67.9 Å². The molecular formula is C22H20ClN5O. The minimum Gasteiger partial charge on any atom is -0.320 e. The SMILES string of the molecule is Cc1cc(C)n(-c2ccccc2NC(=O)c2cnn(-c3cccc(Cl)c3)c2C)n1. The first-order valence-corrected chi connectivity index (χ1v) is 9.56. The lowest BCUT2D eigenvalue weighted by Gasteiger charge is -2.12. The number of anilines is 1. The lowest BCUT2D eigenvalue weighted by Crippen LogP contribution is -2.15. The number of halogens is 1. The molecule has 0 atom stereocenters. The van der Waals surface area contributed by atoms with Crippen molar-refractivity contribution in [3.8, 4) is 11.4 Å². The number of nitrogens with zero attached hydrogens (tertiary/aromatic N) is 4. The van der Waals surface area contributed by atoms with Gasteiger partial charge in [-0.15, -0.1) is 0 Å². The number of rotatable bonds is 4. The van der Waals surface area contributed by atoms with Crippen molar-refractivity contribution in [3.63, 3.8) is 0 Å². The standard InChI is InChI=1S/C22H20ClN5O/c1-14-11-15(2)27(26-14)21-10-5-4-9-20(21)25-22(29)19-13-24-28(16(19)3)18-8-6-7-17(23)12-18/h4-13H,1-3H3,(H,25,29). The maximum Gasteiger partial charge on any atom is 0.259 e. The molecule has 0 saturated carbocycles. The van der Waals surface area contributed by atoms with Crippen LogP contribution < -0.4 is 5.32 Å². The molecule has 0 saturated heterocycles. The molecule has 0 unspecified atom stereocenters. The van der Waals surface area contributed by atoms with E-state index in [1.165, 1.54) is 0 Å². The third-order valence-electron chi connectivity index (χ3n) is 4.70. The van der Waals surface area contributed by atoms with E-state index >= 15 is 0 Å². The number of carbonyl (C=O) groups is 1. The molecule has 2 aromatic carbocycles. The molecule has 0 spiro atoms. The molecule has 7 heteroatoms. The van der Waals surface area contributed by atoms with Crippen LogP contribution in [-0.2, 0) is 0 Å². The summed E-state index contributed by atoms with van der Waals surface area (Å²) < 4.78 is 3.53. The molecule has 1 N–H and O–H groups in total. The van der Waals surface area contributed by atoms with E-state index in [-0.39, 0.29) is 5.91 Å². The molecular weight excluding hydrogens is 386 g/mol. The zero-order valence-corrected chi connectivity index (χ0v) is 17.1. The largest absolute Gasteiger partial charge is 0.320 e. The van der Waals surface area contributed by atoms with E-state index in [0.717, 1.165) is 28.5 Å². The van der Waals surface area contributed by atoms with Crippen molar-refractivity contribution in [1.82, 2.24) is 19.6 Å². The lowest BCUT2D eigenvalue weighted by atomic mass is 10.2. The number of amides is 1. The van der Waals surface area contributed by atoms with Gasteiger partial charge in [-0.2, -0.15) is 10.2 Å². The molecule has 0 aliphatic rings. The maximum absolute atomic E-state index is 13.0. The van der Waals surface area contributed by atoms with Gasteiger partial charge in [-0.1, -0.05) is 29.8 Å². The fraction of sp³-hybridized carbons (Fsp3) is 0.136. The van der Waals surface area contributed by atoms with Gasteiger partial charge in [-0.3, -0.25) is 4.79 Å². The normalized spacial score (nSPS) is 10.9. The number of aromatic nitrogens is 4. The molecule has 2 aromatic heterocycles. The van der Waals surface area contributed by atoms with Crippen molar-refractivity contribution >= 4 is 23.2 Å². The first kappa shape index (κ1) is 19.0. The van der Waals surface area contributed by atoms with Crippen LogP contribution in [0.1, 0.15) is 27.4 Å². The maximum atomic E-state index is 13.0. The fourth-order valence-corrected chi connectivity index (χ4v) is 3.51. The monoisotopic (exact) mass is 405 g/mol. The third kappa shape index (κ3) is 3.67. The zero-order valence-electron chi connectivity index (χ0n) is 16.3. The molecule has 0 aliphatic heterocycles. The summed E-state index contributed by atoms with van der Waals surface area (Å²) in [6.45, 7) is 5.78. The van der Waals surface area contributed by atoms with Crippen molar-refractivity contribution in [2.45, 2.75) is 20.8 Å². The second-order valence-corrected chi connectivity index (χ2v) is 7.28. The summed E-state index contributed by atoms with van der Waals surface area (Å²) in [6, 6.07) is 16.9. The fourth-order valence-electron chi connectivity index (χ4n) is 3.33. The van der Waals surface area contributed by atoms with Gasteiger partial charge in [0.1, 0.15) is 0 Å². The summed E-state index contributed by atoms with van der Waals surface area (Å²) in [4.78, 5) is 13.0. The molecule has 2 heterocycles. The summed E-state index contributed by atoms with van der Waals surface area (Å²) in [5, 5.41) is 12.5. The van der Waals surface area contributed by atoms with Crippen LogP contribution in [0.25, 0.3) is 11.4 Å². The van der Waals surface area contributed by atoms with Gasteiger partial charge in [0.05, 0.1) is 40.2 Å². The van der Waals surface area contributed by atoms with Crippen LogP contribution in [0.2, 0.25) is 5.02 Å². The quantitative estimate of drug-likeness (QED) is 0.525. The molecule has 4 aromatic rings. The van der Waals surface area contributed by atoms with Gasteiger partial charge in [0.15, 0.2) is 0 Å². The molecule has 6 nitrogen and oxygen atoms in total. The van der Waals surface area contributed by atoms with E-state index in [9.17, 15) is 4.79 Å².